The SMILES string of the molecule is Cc1nc(C2(F)CCC(C)NC2)cs1. The third-order valence-corrected chi connectivity index (χ3v) is 3.56. The molecule has 0 radical (unpaired) electrons. The molecule has 1 N–H and O–H groups in total. The maximum atomic E-state index is 14.4. The number of alkyl halides is 1. The lowest BCUT2D eigenvalue weighted by molar-refractivity contribution is 0.102. The van der Waals surface area contributed by atoms with Crippen LogP contribution in [0.3, 0.4) is 0 Å². The Morgan fingerprint density at radius 1 is 1.71 bits per heavy atom. The Labute approximate surface area is 87.6 Å². The molecule has 0 spiro atoms. The summed E-state index contributed by atoms with van der Waals surface area (Å²) >= 11 is 1.52. The van der Waals surface area contributed by atoms with E-state index >= 15 is 0 Å². The van der Waals surface area contributed by atoms with Crippen molar-refractivity contribution >= 4 is 11.3 Å². The summed E-state index contributed by atoms with van der Waals surface area (Å²) in [5.41, 5.74) is -0.628. The van der Waals surface area contributed by atoms with Gasteiger partial charge in [0.05, 0.1) is 10.7 Å². The van der Waals surface area contributed by atoms with Gasteiger partial charge in [0.1, 0.15) is 0 Å². The van der Waals surface area contributed by atoms with Crippen LogP contribution in [0.4, 0.5) is 4.39 Å². The first-order chi connectivity index (χ1) is 6.60. The molecule has 0 bridgehead atoms. The van der Waals surface area contributed by atoms with E-state index in [1.165, 1.54) is 11.3 Å². The highest BCUT2D eigenvalue weighted by molar-refractivity contribution is 7.09. The lowest BCUT2D eigenvalue weighted by atomic mass is 9.90. The molecule has 1 aromatic rings. The van der Waals surface area contributed by atoms with Gasteiger partial charge in [0.25, 0.3) is 0 Å². The minimum atomic E-state index is -1.24. The van der Waals surface area contributed by atoms with Crippen LogP contribution in [0.2, 0.25) is 0 Å². The molecule has 1 aliphatic heterocycles. The van der Waals surface area contributed by atoms with Crippen molar-refractivity contribution in [1.82, 2.24) is 10.3 Å². The van der Waals surface area contributed by atoms with Crippen molar-refractivity contribution in [2.24, 2.45) is 0 Å². The first-order valence-corrected chi connectivity index (χ1v) is 5.83. The quantitative estimate of drug-likeness (QED) is 0.776. The molecule has 0 saturated carbocycles. The summed E-state index contributed by atoms with van der Waals surface area (Å²) < 4.78 is 14.4. The van der Waals surface area contributed by atoms with Crippen LogP contribution >= 0.6 is 11.3 Å². The Kier molecular flexibility index (Phi) is 2.58. The minimum Gasteiger partial charge on any atom is -0.311 e. The normalized spacial score (nSPS) is 33.2. The molecule has 1 aliphatic rings. The van der Waals surface area contributed by atoms with E-state index in [2.05, 4.69) is 17.2 Å². The van der Waals surface area contributed by atoms with Gasteiger partial charge >= 0.3 is 0 Å². The van der Waals surface area contributed by atoms with E-state index in [-0.39, 0.29) is 0 Å². The number of nitrogens with one attached hydrogen (secondary N) is 1. The van der Waals surface area contributed by atoms with Crippen molar-refractivity contribution in [2.45, 2.75) is 38.4 Å². The summed E-state index contributed by atoms with van der Waals surface area (Å²) in [6, 6.07) is 0.429. The first-order valence-electron chi connectivity index (χ1n) is 4.95. The Morgan fingerprint density at radius 3 is 3.00 bits per heavy atom. The molecular formula is C10H15FN2S. The maximum absolute atomic E-state index is 14.4. The van der Waals surface area contributed by atoms with Gasteiger partial charge < -0.3 is 5.32 Å². The number of hydrogen-bond donors (Lipinski definition) is 1. The zero-order chi connectivity index (χ0) is 10.2. The molecule has 2 unspecified atom stereocenters. The molecule has 0 aliphatic carbocycles. The molecule has 2 nitrogen and oxygen atoms in total. The van der Waals surface area contributed by atoms with Gasteiger partial charge in [-0.25, -0.2) is 9.37 Å². The van der Waals surface area contributed by atoms with Crippen LogP contribution in [0.5, 0.6) is 0 Å². The molecule has 78 valence electrons. The summed E-state index contributed by atoms with van der Waals surface area (Å²) in [6.07, 6.45) is 1.47. The first kappa shape index (κ1) is 10.1. The van der Waals surface area contributed by atoms with Gasteiger partial charge in [-0.2, -0.15) is 0 Å². The van der Waals surface area contributed by atoms with Crippen LogP contribution in [0.25, 0.3) is 0 Å². The summed E-state index contributed by atoms with van der Waals surface area (Å²) in [5.74, 6) is 0. The summed E-state index contributed by atoms with van der Waals surface area (Å²) in [6.45, 7) is 4.40. The maximum Gasteiger partial charge on any atom is 0.165 e. The second-order valence-electron chi connectivity index (χ2n) is 4.04. The van der Waals surface area contributed by atoms with Crippen LogP contribution in [0.1, 0.15) is 30.5 Å². The Hall–Kier alpha value is -0.480. The zero-order valence-electron chi connectivity index (χ0n) is 8.51. The van der Waals surface area contributed by atoms with Crippen molar-refractivity contribution in [2.75, 3.05) is 6.54 Å². The van der Waals surface area contributed by atoms with Gasteiger partial charge in [0, 0.05) is 18.0 Å². The highest BCUT2D eigenvalue weighted by Crippen LogP contribution is 2.34. The molecule has 1 aromatic heterocycles. The van der Waals surface area contributed by atoms with Crippen LogP contribution in [-0.4, -0.2) is 17.6 Å². The van der Waals surface area contributed by atoms with E-state index in [1.807, 2.05) is 12.3 Å². The third kappa shape index (κ3) is 1.81. The number of aromatic nitrogens is 1. The number of piperidine rings is 1. The lowest BCUT2D eigenvalue weighted by Crippen LogP contribution is -2.44. The predicted octanol–water partition coefficient (Wildman–Crippen LogP) is 2.39. The van der Waals surface area contributed by atoms with Gasteiger partial charge in [-0.05, 0) is 26.7 Å². The van der Waals surface area contributed by atoms with Crippen molar-refractivity contribution in [1.29, 1.82) is 0 Å². The van der Waals surface area contributed by atoms with Crippen LogP contribution in [0.15, 0.2) is 5.38 Å². The fourth-order valence-corrected chi connectivity index (χ4v) is 2.46. The Morgan fingerprint density at radius 2 is 2.50 bits per heavy atom. The smallest absolute Gasteiger partial charge is 0.165 e. The van der Waals surface area contributed by atoms with E-state index < -0.39 is 5.67 Å². The standard InChI is InChI=1S/C10H15FN2S/c1-7-3-4-10(11,6-12-7)9-5-14-8(2)13-9/h5,7,12H,3-4,6H2,1-2H3. The number of nitrogens with zero attached hydrogens (tertiary/aromatic N) is 1. The fourth-order valence-electron chi connectivity index (χ4n) is 1.76. The largest absolute Gasteiger partial charge is 0.311 e. The van der Waals surface area contributed by atoms with Crippen molar-refractivity contribution in [3.05, 3.63) is 16.1 Å². The van der Waals surface area contributed by atoms with E-state index in [0.29, 0.717) is 24.7 Å². The van der Waals surface area contributed by atoms with Gasteiger partial charge in [0.15, 0.2) is 5.67 Å². The molecular weight excluding hydrogens is 199 g/mol. The number of hydrogen-bond acceptors (Lipinski definition) is 3. The Bertz CT molecular complexity index is 316. The van der Waals surface area contributed by atoms with Gasteiger partial charge in [0.2, 0.25) is 0 Å². The number of aryl methyl sites for hydroxylation is 1. The molecule has 4 heteroatoms. The van der Waals surface area contributed by atoms with Gasteiger partial charge in [-0.15, -0.1) is 11.3 Å². The molecule has 14 heavy (non-hydrogen) atoms. The lowest BCUT2D eigenvalue weighted by Gasteiger charge is -2.32. The second kappa shape index (κ2) is 3.59. The molecule has 1 fully saturated rings. The number of thiazole rings is 1. The predicted molar refractivity (Wildman–Crippen MR) is 56.3 cm³/mol. The van der Waals surface area contributed by atoms with E-state index in [0.717, 1.165) is 11.4 Å². The van der Waals surface area contributed by atoms with Crippen molar-refractivity contribution in [3.8, 4) is 0 Å². The highest BCUT2D eigenvalue weighted by atomic mass is 32.1. The van der Waals surface area contributed by atoms with Gasteiger partial charge in [-0.1, -0.05) is 0 Å². The van der Waals surface area contributed by atoms with Crippen LogP contribution in [0, 0.1) is 6.92 Å². The van der Waals surface area contributed by atoms with Crippen LogP contribution in [-0.2, 0) is 5.67 Å². The van der Waals surface area contributed by atoms with Gasteiger partial charge in [-0.3, -0.25) is 0 Å². The molecule has 2 atom stereocenters. The average Bonchev–Trinajstić information content (AvgIpc) is 2.58. The van der Waals surface area contributed by atoms with E-state index in [4.69, 9.17) is 0 Å². The Balaban J connectivity index is 2.16. The van der Waals surface area contributed by atoms with Crippen LogP contribution < -0.4 is 5.32 Å². The van der Waals surface area contributed by atoms with Crippen molar-refractivity contribution < 1.29 is 4.39 Å². The monoisotopic (exact) mass is 214 g/mol. The summed E-state index contributed by atoms with van der Waals surface area (Å²) in [5, 5.41) is 5.95. The second-order valence-corrected chi connectivity index (χ2v) is 5.10. The molecule has 1 saturated heterocycles. The van der Waals surface area contributed by atoms with Crippen molar-refractivity contribution in [3.63, 3.8) is 0 Å². The fraction of sp³-hybridized carbons (Fsp3) is 0.700. The minimum absolute atomic E-state index is 0.400. The average molecular weight is 214 g/mol. The summed E-state index contributed by atoms with van der Waals surface area (Å²) in [7, 11) is 0. The molecule has 2 heterocycles. The van der Waals surface area contributed by atoms with E-state index in [9.17, 15) is 4.39 Å². The number of halogens is 1. The number of rotatable bonds is 1. The topological polar surface area (TPSA) is 24.9 Å². The molecule has 0 amide bonds. The molecule has 0 aromatic carbocycles. The zero-order valence-corrected chi connectivity index (χ0v) is 9.33. The summed E-state index contributed by atoms with van der Waals surface area (Å²) in [4.78, 5) is 4.23. The van der Waals surface area contributed by atoms with E-state index in [1.54, 1.807) is 0 Å². The highest BCUT2D eigenvalue weighted by Gasteiger charge is 2.37. The molecule has 2 rings (SSSR count). The third-order valence-electron chi connectivity index (χ3n) is 2.78.